The molecule has 304 valence electrons. The first-order valence-corrected chi connectivity index (χ1v) is 20.1. The van der Waals surface area contributed by atoms with Gasteiger partial charge in [-0.1, -0.05) is 57.2 Å². The van der Waals surface area contributed by atoms with Gasteiger partial charge in [-0.15, -0.1) is 11.3 Å². The molecule has 0 spiro atoms. The molecule has 2 aromatic carbocycles. The van der Waals surface area contributed by atoms with Crippen LogP contribution < -0.4 is 32.2 Å². The van der Waals surface area contributed by atoms with E-state index in [9.17, 15) is 19.2 Å². The van der Waals surface area contributed by atoms with Crippen molar-refractivity contribution in [1.82, 2.24) is 35.7 Å². The van der Waals surface area contributed by atoms with Gasteiger partial charge >= 0.3 is 0 Å². The van der Waals surface area contributed by atoms with Crippen LogP contribution in [-0.2, 0) is 20.9 Å². The Bertz CT molecular complexity index is 2230. The number of pyridine rings is 1. The molecule has 0 radical (unpaired) electrons. The third-order valence-electron chi connectivity index (χ3n) is 9.94. The molecule has 1 fully saturated rings. The summed E-state index contributed by atoms with van der Waals surface area (Å²) in [7, 11) is 0. The lowest BCUT2D eigenvalue weighted by Crippen LogP contribution is -2.57. The molecule has 8 N–H and O–H groups in total. The number of aryl methyl sites for hydroxylation is 1. The van der Waals surface area contributed by atoms with Gasteiger partial charge in [0.25, 0.3) is 5.91 Å². The van der Waals surface area contributed by atoms with Crippen LogP contribution in [-0.4, -0.2) is 73.9 Å². The maximum atomic E-state index is 14.0. The molecule has 6 rings (SSSR count). The maximum Gasteiger partial charge on any atom is 0.254 e. The van der Waals surface area contributed by atoms with E-state index in [1.54, 1.807) is 58.8 Å². The van der Waals surface area contributed by atoms with E-state index in [2.05, 4.69) is 36.1 Å². The third-order valence-corrected chi connectivity index (χ3v) is 10.9. The standard InChI is InChI=1S/C42H50N10O5S/c1-25-36(58-24-47-25)28-12-10-26(11-13-28)23-46-40(55)31-8-7-20-52(31)41(56)37(42(2,3)4)49-32(53)9-5-6-21-57-33-22-30(18-19-45-33)48-39-34(38(44)54)35(50-51-39)27-14-16-29(43)17-15-27/h10-19,22,24,31,37H,5-9,20-21,23,43H2,1-4H3,(H2,44,54)(H,46,55)(H,49,53)(H2,45,48,50,51). The number of amides is 4. The van der Waals surface area contributed by atoms with Gasteiger partial charge in [-0.3, -0.25) is 24.3 Å². The van der Waals surface area contributed by atoms with Gasteiger partial charge in [0.15, 0.2) is 5.82 Å². The first kappa shape index (κ1) is 41.3. The van der Waals surface area contributed by atoms with Crippen LogP contribution in [0.15, 0.2) is 72.4 Å². The van der Waals surface area contributed by atoms with Crippen LogP contribution in [0.4, 0.5) is 17.2 Å². The molecule has 4 heterocycles. The van der Waals surface area contributed by atoms with Crippen LogP contribution in [0, 0.1) is 12.3 Å². The number of nitrogens with zero attached hydrogens (tertiary/aromatic N) is 4. The number of ether oxygens (including phenoxy) is 1. The van der Waals surface area contributed by atoms with Gasteiger partial charge in [-0.25, -0.2) is 9.97 Å². The van der Waals surface area contributed by atoms with Crippen molar-refractivity contribution in [3.63, 3.8) is 0 Å². The summed E-state index contributed by atoms with van der Waals surface area (Å²) < 4.78 is 5.86. The quantitative estimate of drug-likeness (QED) is 0.0526. The highest BCUT2D eigenvalue weighted by Crippen LogP contribution is 2.31. The van der Waals surface area contributed by atoms with Crippen molar-refractivity contribution in [2.45, 2.75) is 78.4 Å². The van der Waals surface area contributed by atoms with E-state index in [1.807, 2.05) is 57.5 Å². The monoisotopic (exact) mass is 806 g/mol. The van der Waals surface area contributed by atoms with Gasteiger partial charge in [0, 0.05) is 48.7 Å². The molecule has 2 unspecified atom stereocenters. The number of rotatable bonds is 16. The maximum absolute atomic E-state index is 14.0. The minimum absolute atomic E-state index is 0.189. The molecule has 0 bridgehead atoms. The molecule has 58 heavy (non-hydrogen) atoms. The van der Waals surface area contributed by atoms with Gasteiger partial charge < -0.3 is 37.1 Å². The highest BCUT2D eigenvalue weighted by atomic mass is 32.1. The number of primary amides is 1. The number of thiazole rings is 1. The average Bonchev–Trinajstić information content (AvgIpc) is 3.96. The molecule has 5 aromatic rings. The Balaban J connectivity index is 0.965. The lowest BCUT2D eigenvalue weighted by atomic mass is 9.85. The normalized spacial score (nSPS) is 14.5. The number of H-pyrrole nitrogens is 1. The number of carbonyl (C=O) groups is 4. The highest BCUT2D eigenvalue weighted by Gasteiger charge is 2.41. The van der Waals surface area contributed by atoms with Crippen molar-refractivity contribution in [2.75, 3.05) is 24.2 Å². The van der Waals surface area contributed by atoms with Crippen LogP contribution in [0.3, 0.4) is 0 Å². The van der Waals surface area contributed by atoms with Crippen LogP contribution in [0.2, 0.25) is 0 Å². The molecule has 0 saturated carbocycles. The number of carbonyl (C=O) groups excluding carboxylic acids is 4. The van der Waals surface area contributed by atoms with E-state index in [1.165, 1.54) is 0 Å². The predicted octanol–water partition coefficient (Wildman–Crippen LogP) is 5.72. The summed E-state index contributed by atoms with van der Waals surface area (Å²) >= 11 is 1.59. The molecular formula is C42H50N10O5S. The first-order valence-electron chi connectivity index (χ1n) is 19.3. The molecule has 3 aromatic heterocycles. The second kappa shape index (κ2) is 18.3. The average molecular weight is 807 g/mol. The molecule has 2 atom stereocenters. The number of hydrogen-bond acceptors (Lipinski definition) is 11. The van der Waals surface area contributed by atoms with Gasteiger partial charge in [0.05, 0.1) is 28.4 Å². The van der Waals surface area contributed by atoms with Gasteiger partial charge in [0.1, 0.15) is 17.6 Å². The first-order chi connectivity index (χ1) is 27.8. The van der Waals surface area contributed by atoms with Crippen LogP contribution in [0.25, 0.3) is 21.7 Å². The van der Waals surface area contributed by atoms with Crippen LogP contribution >= 0.6 is 11.3 Å². The van der Waals surface area contributed by atoms with E-state index in [-0.39, 0.29) is 35.5 Å². The smallest absolute Gasteiger partial charge is 0.254 e. The minimum Gasteiger partial charge on any atom is -0.478 e. The number of hydrogen-bond donors (Lipinski definition) is 6. The number of likely N-dealkylation sites (tertiary alicyclic amines) is 1. The fraction of sp³-hybridized carbons (Fsp3) is 0.357. The Morgan fingerprint density at radius 1 is 1.02 bits per heavy atom. The predicted molar refractivity (Wildman–Crippen MR) is 224 cm³/mol. The summed E-state index contributed by atoms with van der Waals surface area (Å²) in [5.41, 5.74) is 18.3. The number of aromatic nitrogens is 4. The summed E-state index contributed by atoms with van der Waals surface area (Å²) in [6.45, 7) is 8.78. The summed E-state index contributed by atoms with van der Waals surface area (Å²) in [5, 5.41) is 16.2. The minimum atomic E-state index is -0.806. The molecule has 1 aliphatic rings. The number of benzene rings is 2. The molecular weight excluding hydrogens is 757 g/mol. The second-order valence-electron chi connectivity index (χ2n) is 15.4. The van der Waals surface area contributed by atoms with Crippen molar-refractivity contribution in [1.29, 1.82) is 0 Å². The molecule has 4 amide bonds. The van der Waals surface area contributed by atoms with E-state index < -0.39 is 23.4 Å². The summed E-state index contributed by atoms with van der Waals surface area (Å²) in [6.07, 6.45) is 4.08. The SMILES string of the molecule is Cc1ncsc1-c1ccc(CNC(=O)C2CCCN2C(=O)C(NC(=O)CCCCOc2cc(Nc3n[nH]c(-c4ccc(N)cc4)c3C(N)=O)ccn2)C(C)(C)C)cc1. The zero-order chi connectivity index (χ0) is 41.4. The van der Waals surface area contributed by atoms with Crippen molar-refractivity contribution in [3.05, 3.63) is 89.2 Å². The van der Waals surface area contributed by atoms with Gasteiger partial charge in [0.2, 0.25) is 23.6 Å². The third kappa shape index (κ3) is 10.2. The Kier molecular flexibility index (Phi) is 13.1. The van der Waals surface area contributed by atoms with Crippen molar-refractivity contribution >= 4 is 52.2 Å². The summed E-state index contributed by atoms with van der Waals surface area (Å²) in [6, 6.07) is 17.0. The number of anilines is 3. The lowest BCUT2D eigenvalue weighted by molar-refractivity contribution is -0.144. The number of nitrogen functional groups attached to an aromatic ring is 1. The summed E-state index contributed by atoms with van der Waals surface area (Å²) in [5.74, 6) is -0.786. The van der Waals surface area contributed by atoms with Crippen molar-refractivity contribution in [2.24, 2.45) is 11.1 Å². The lowest BCUT2D eigenvalue weighted by Gasteiger charge is -2.35. The second-order valence-corrected chi connectivity index (χ2v) is 16.2. The molecule has 1 saturated heterocycles. The molecule has 0 aliphatic carbocycles. The van der Waals surface area contributed by atoms with Crippen LogP contribution in [0.5, 0.6) is 5.88 Å². The van der Waals surface area contributed by atoms with Gasteiger partial charge in [-0.2, -0.15) is 5.10 Å². The Labute approximate surface area is 341 Å². The van der Waals surface area contributed by atoms with Crippen molar-refractivity contribution < 1.29 is 23.9 Å². The van der Waals surface area contributed by atoms with E-state index in [0.29, 0.717) is 73.9 Å². The highest BCUT2D eigenvalue weighted by molar-refractivity contribution is 7.13. The topological polar surface area (TPSA) is 223 Å². The van der Waals surface area contributed by atoms with Crippen molar-refractivity contribution in [3.8, 4) is 27.6 Å². The number of nitrogens with two attached hydrogens (primary N) is 2. The fourth-order valence-electron chi connectivity index (χ4n) is 6.81. The Morgan fingerprint density at radius 2 is 1.76 bits per heavy atom. The Morgan fingerprint density at radius 3 is 2.45 bits per heavy atom. The molecule has 15 nitrogen and oxygen atoms in total. The zero-order valence-corrected chi connectivity index (χ0v) is 33.9. The zero-order valence-electron chi connectivity index (χ0n) is 33.1. The number of nitrogens with one attached hydrogen (secondary N) is 4. The van der Waals surface area contributed by atoms with Crippen LogP contribution in [0.1, 0.15) is 74.5 Å². The Hall–Kier alpha value is -6.29. The van der Waals surface area contributed by atoms with E-state index in [4.69, 9.17) is 16.2 Å². The molecule has 1 aliphatic heterocycles. The van der Waals surface area contributed by atoms with Gasteiger partial charge in [-0.05, 0) is 67.3 Å². The largest absolute Gasteiger partial charge is 0.478 e. The van der Waals surface area contributed by atoms with E-state index >= 15 is 0 Å². The molecule has 16 heteroatoms. The number of aromatic amines is 1. The summed E-state index contributed by atoms with van der Waals surface area (Å²) in [4.78, 5) is 64.2. The number of unbranched alkanes of at least 4 members (excludes halogenated alkanes) is 1. The van der Waals surface area contributed by atoms with E-state index in [0.717, 1.165) is 21.7 Å². The fourth-order valence-corrected chi connectivity index (χ4v) is 7.62.